The van der Waals surface area contributed by atoms with Crippen LogP contribution in [0.5, 0.6) is 5.75 Å². The highest BCUT2D eigenvalue weighted by Gasteiger charge is 2.25. The van der Waals surface area contributed by atoms with Gasteiger partial charge in [0.1, 0.15) is 5.75 Å². The van der Waals surface area contributed by atoms with Gasteiger partial charge in [-0.15, -0.1) is 0 Å². The zero-order valence-electron chi connectivity index (χ0n) is 10.8. The number of rotatable bonds is 2. The number of aromatic hydroxyl groups is 1. The Bertz CT molecular complexity index is 714. The largest absolute Gasteiger partial charge is 0.507 e. The minimum absolute atomic E-state index is 0.0419. The Kier molecular flexibility index (Phi) is 3.00. The molecule has 0 fully saturated rings. The van der Waals surface area contributed by atoms with Crippen LogP contribution in [0, 0.1) is 11.3 Å². The summed E-state index contributed by atoms with van der Waals surface area (Å²) >= 11 is 0. The number of nitriles is 1. The molecule has 3 heteroatoms. The Morgan fingerprint density at radius 3 is 2.70 bits per heavy atom. The molecular weight excluding hydrogens is 250 g/mol. The molecule has 3 nitrogen and oxygen atoms in total. The van der Waals surface area contributed by atoms with E-state index in [0.717, 1.165) is 24.0 Å². The van der Waals surface area contributed by atoms with Crippen molar-refractivity contribution in [3.05, 3.63) is 64.7 Å². The number of hydrogen-bond donors (Lipinski definition) is 1. The summed E-state index contributed by atoms with van der Waals surface area (Å²) in [7, 11) is 0. The van der Waals surface area contributed by atoms with Gasteiger partial charge in [0.05, 0.1) is 17.6 Å². The van der Waals surface area contributed by atoms with Gasteiger partial charge in [-0.3, -0.25) is 4.79 Å². The van der Waals surface area contributed by atoms with Crippen molar-refractivity contribution >= 4 is 5.78 Å². The van der Waals surface area contributed by atoms with Crippen LogP contribution < -0.4 is 0 Å². The Morgan fingerprint density at radius 2 is 2.00 bits per heavy atom. The highest BCUT2D eigenvalue weighted by Crippen LogP contribution is 2.37. The van der Waals surface area contributed by atoms with Crippen LogP contribution in [0.15, 0.2) is 42.5 Å². The Balaban J connectivity index is 2.05. The van der Waals surface area contributed by atoms with Crippen LogP contribution in [-0.4, -0.2) is 10.9 Å². The predicted octanol–water partition coefficient (Wildman–Crippen LogP) is 3.18. The van der Waals surface area contributed by atoms with Crippen molar-refractivity contribution in [1.82, 2.24) is 0 Å². The topological polar surface area (TPSA) is 61.1 Å². The molecule has 20 heavy (non-hydrogen) atoms. The monoisotopic (exact) mass is 263 g/mol. The molecule has 98 valence electrons. The van der Waals surface area contributed by atoms with E-state index in [1.165, 1.54) is 0 Å². The quantitative estimate of drug-likeness (QED) is 0.846. The van der Waals surface area contributed by atoms with E-state index in [4.69, 9.17) is 5.26 Å². The molecule has 2 aromatic rings. The average Bonchev–Trinajstić information content (AvgIpc) is 2.88. The van der Waals surface area contributed by atoms with Crippen LogP contribution in [-0.2, 0) is 6.42 Å². The van der Waals surface area contributed by atoms with E-state index < -0.39 is 0 Å². The maximum absolute atomic E-state index is 12.4. The first-order chi connectivity index (χ1) is 9.70. The van der Waals surface area contributed by atoms with Gasteiger partial charge in [-0.1, -0.05) is 30.3 Å². The lowest BCUT2D eigenvalue weighted by atomic mass is 9.96. The van der Waals surface area contributed by atoms with Crippen LogP contribution in [0.25, 0.3) is 0 Å². The molecule has 0 aliphatic heterocycles. The van der Waals surface area contributed by atoms with Crippen molar-refractivity contribution in [2.24, 2.45) is 0 Å². The van der Waals surface area contributed by atoms with Gasteiger partial charge in [0.25, 0.3) is 0 Å². The highest BCUT2D eigenvalue weighted by atomic mass is 16.3. The number of phenols is 1. The number of nitrogens with zero attached hydrogens (tertiary/aromatic N) is 1. The van der Waals surface area contributed by atoms with Crippen LogP contribution in [0.4, 0.5) is 0 Å². The molecule has 0 aromatic heterocycles. The lowest BCUT2D eigenvalue weighted by Crippen LogP contribution is -2.03. The third-order valence-corrected chi connectivity index (χ3v) is 3.77. The molecule has 0 amide bonds. The van der Waals surface area contributed by atoms with Gasteiger partial charge >= 0.3 is 0 Å². The maximum Gasteiger partial charge on any atom is 0.196 e. The fourth-order valence-electron chi connectivity index (χ4n) is 2.71. The van der Waals surface area contributed by atoms with Crippen molar-refractivity contribution in [2.45, 2.75) is 18.8 Å². The van der Waals surface area contributed by atoms with E-state index in [-0.39, 0.29) is 17.5 Å². The van der Waals surface area contributed by atoms with Crippen LogP contribution in [0.1, 0.15) is 39.4 Å². The molecule has 0 saturated heterocycles. The van der Waals surface area contributed by atoms with Gasteiger partial charge in [-0.2, -0.15) is 5.26 Å². The smallest absolute Gasteiger partial charge is 0.196 e. The van der Waals surface area contributed by atoms with Gasteiger partial charge in [-0.25, -0.2) is 0 Å². The zero-order valence-corrected chi connectivity index (χ0v) is 10.8. The summed E-state index contributed by atoms with van der Waals surface area (Å²) in [6.45, 7) is 0. The molecule has 0 bridgehead atoms. The van der Waals surface area contributed by atoms with Crippen molar-refractivity contribution in [2.75, 3.05) is 0 Å². The fourth-order valence-corrected chi connectivity index (χ4v) is 2.71. The number of fused-ring (bicyclic) bond motifs is 1. The minimum atomic E-state index is -0.189. The normalized spacial score (nSPS) is 16.4. The second kappa shape index (κ2) is 4.82. The second-order valence-corrected chi connectivity index (χ2v) is 4.98. The minimum Gasteiger partial charge on any atom is -0.507 e. The van der Waals surface area contributed by atoms with Gasteiger partial charge in [-0.05, 0) is 36.1 Å². The van der Waals surface area contributed by atoms with Crippen molar-refractivity contribution < 1.29 is 9.90 Å². The average molecular weight is 263 g/mol. The lowest BCUT2D eigenvalue weighted by Gasteiger charge is -2.08. The molecule has 0 spiro atoms. The van der Waals surface area contributed by atoms with Crippen molar-refractivity contribution in [1.29, 1.82) is 5.26 Å². The van der Waals surface area contributed by atoms with E-state index >= 15 is 0 Å². The van der Waals surface area contributed by atoms with Crippen molar-refractivity contribution in [3.8, 4) is 11.8 Å². The number of phenolic OH excluding ortho intramolecular Hbond substituents is 1. The molecule has 1 aliphatic carbocycles. The molecule has 0 saturated carbocycles. The van der Waals surface area contributed by atoms with E-state index in [9.17, 15) is 9.90 Å². The molecule has 2 aromatic carbocycles. The molecule has 1 aliphatic rings. The highest BCUT2D eigenvalue weighted by molar-refractivity contribution is 6.10. The summed E-state index contributed by atoms with van der Waals surface area (Å²) in [6.07, 6.45) is 1.54. The van der Waals surface area contributed by atoms with E-state index in [0.29, 0.717) is 11.1 Å². The fraction of sp³-hybridized carbons (Fsp3) is 0.176. The van der Waals surface area contributed by atoms with Gasteiger partial charge in [0.15, 0.2) is 5.78 Å². The third kappa shape index (κ3) is 1.96. The zero-order chi connectivity index (χ0) is 14.1. The number of hydrogen-bond acceptors (Lipinski definition) is 3. The number of aryl methyl sites for hydroxylation is 1. The van der Waals surface area contributed by atoms with E-state index in [2.05, 4.69) is 6.07 Å². The lowest BCUT2D eigenvalue weighted by molar-refractivity contribution is 0.103. The molecule has 1 atom stereocenters. The molecular formula is C17H13NO2. The second-order valence-electron chi connectivity index (χ2n) is 4.98. The molecule has 0 heterocycles. The van der Waals surface area contributed by atoms with Gasteiger partial charge in [0.2, 0.25) is 0 Å². The van der Waals surface area contributed by atoms with Crippen LogP contribution >= 0.6 is 0 Å². The summed E-state index contributed by atoms with van der Waals surface area (Å²) in [5, 5.41) is 19.2. The number of ketones is 1. The predicted molar refractivity (Wildman–Crippen MR) is 74.7 cm³/mol. The molecule has 0 radical (unpaired) electrons. The summed E-state index contributed by atoms with van der Waals surface area (Å²) in [4.78, 5) is 12.4. The summed E-state index contributed by atoms with van der Waals surface area (Å²) in [5.74, 6) is -0.400. The van der Waals surface area contributed by atoms with E-state index in [1.54, 1.807) is 36.4 Å². The van der Waals surface area contributed by atoms with E-state index in [1.807, 2.05) is 6.07 Å². The summed E-state index contributed by atoms with van der Waals surface area (Å²) in [6, 6.07) is 14.4. The summed E-state index contributed by atoms with van der Waals surface area (Å²) < 4.78 is 0. The standard InChI is InChI=1S/C17H13NO2/c18-10-13-7-6-12-8-15(16(19)9-14(12)13)17(20)11-4-2-1-3-5-11/h1-5,8-9,13,19H,6-7H2. The first-order valence-corrected chi connectivity index (χ1v) is 6.56. The summed E-state index contributed by atoms with van der Waals surface area (Å²) in [5.41, 5.74) is 2.72. The number of benzene rings is 2. The number of carbonyl (C=O) groups is 1. The first-order valence-electron chi connectivity index (χ1n) is 6.56. The molecule has 1 N–H and O–H groups in total. The first kappa shape index (κ1) is 12.4. The number of carbonyl (C=O) groups excluding carboxylic acids is 1. The van der Waals surface area contributed by atoms with Crippen LogP contribution in [0.3, 0.4) is 0 Å². The molecule has 3 rings (SSSR count). The molecule has 1 unspecified atom stereocenters. The maximum atomic E-state index is 12.4. The third-order valence-electron chi connectivity index (χ3n) is 3.77. The SMILES string of the molecule is N#CC1CCc2cc(C(=O)c3ccccc3)c(O)cc21. The van der Waals surface area contributed by atoms with Crippen LogP contribution in [0.2, 0.25) is 0 Å². The Hall–Kier alpha value is -2.60. The Labute approximate surface area is 117 Å². The van der Waals surface area contributed by atoms with Crippen molar-refractivity contribution in [3.63, 3.8) is 0 Å². The van der Waals surface area contributed by atoms with Gasteiger partial charge < -0.3 is 5.11 Å². The Morgan fingerprint density at radius 1 is 1.25 bits per heavy atom. The van der Waals surface area contributed by atoms with Gasteiger partial charge in [0, 0.05) is 5.56 Å².